The first-order chi connectivity index (χ1) is 10.8. The van der Waals surface area contributed by atoms with Crippen LogP contribution in [0, 0.1) is 0 Å². The molecule has 3 aromatic rings. The number of nitrogens with zero attached hydrogens (tertiary/aromatic N) is 2. The van der Waals surface area contributed by atoms with Crippen LogP contribution in [0.2, 0.25) is 0 Å². The van der Waals surface area contributed by atoms with Gasteiger partial charge < -0.3 is 9.47 Å². The number of hydrogen-bond acceptors (Lipinski definition) is 4. The van der Waals surface area contributed by atoms with Crippen LogP contribution in [-0.2, 0) is 11.3 Å². The molecule has 0 amide bonds. The molecule has 0 N–H and O–H groups in total. The molecule has 22 heavy (non-hydrogen) atoms. The van der Waals surface area contributed by atoms with Gasteiger partial charge in [0.25, 0.3) is 0 Å². The lowest BCUT2D eigenvalue weighted by Crippen LogP contribution is -2.11. The first-order valence-corrected chi connectivity index (χ1v) is 7.08. The Kier molecular flexibility index (Phi) is 3.00. The summed E-state index contributed by atoms with van der Waals surface area (Å²) in [5, 5.41) is 1.05. The summed E-state index contributed by atoms with van der Waals surface area (Å²) in [6, 6.07) is 15.7. The molecule has 0 radical (unpaired) electrons. The third-order valence-corrected chi connectivity index (χ3v) is 3.75. The van der Waals surface area contributed by atoms with Gasteiger partial charge in [0.1, 0.15) is 12.4 Å². The van der Waals surface area contributed by atoms with Crippen LogP contribution in [0.25, 0.3) is 10.9 Å². The summed E-state index contributed by atoms with van der Waals surface area (Å²) in [7, 11) is 1.65. The highest BCUT2D eigenvalue weighted by molar-refractivity contribution is 6.01. The van der Waals surface area contributed by atoms with Crippen LogP contribution in [0.4, 0.5) is 5.69 Å². The zero-order valence-corrected chi connectivity index (χ0v) is 12.1. The maximum Gasteiger partial charge on any atom is 0.221 e. The molecule has 0 aliphatic carbocycles. The van der Waals surface area contributed by atoms with E-state index in [2.05, 4.69) is 4.98 Å². The number of rotatable bonds is 2. The Morgan fingerprint density at radius 3 is 2.73 bits per heavy atom. The molecule has 0 unspecified atom stereocenters. The molecular weight excluding hydrogens is 276 g/mol. The first-order valence-electron chi connectivity index (χ1n) is 7.08. The SMILES string of the molecule is COc1ccc(C2=Nc3c(ccc4ncccc34)CO2)cc1. The van der Waals surface area contributed by atoms with E-state index >= 15 is 0 Å². The summed E-state index contributed by atoms with van der Waals surface area (Å²) in [4.78, 5) is 9.10. The molecule has 4 nitrogen and oxygen atoms in total. The van der Waals surface area contributed by atoms with Crippen molar-refractivity contribution in [3.8, 4) is 5.75 Å². The van der Waals surface area contributed by atoms with Gasteiger partial charge in [-0.1, -0.05) is 6.07 Å². The quantitative estimate of drug-likeness (QED) is 0.720. The van der Waals surface area contributed by atoms with E-state index in [1.807, 2.05) is 48.5 Å². The Morgan fingerprint density at radius 1 is 1.05 bits per heavy atom. The number of benzene rings is 2. The van der Waals surface area contributed by atoms with Crippen molar-refractivity contribution in [2.45, 2.75) is 6.61 Å². The molecule has 0 fully saturated rings. The minimum absolute atomic E-state index is 0.519. The summed E-state index contributed by atoms with van der Waals surface area (Å²) in [5.41, 5.74) is 3.91. The zero-order chi connectivity index (χ0) is 14.9. The van der Waals surface area contributed by atoms with E-state index in [1.165, 1.54) is 0 Å². The minimum atomic E-state index is 0.519. The van der Waals surface area contributed by atoms with Crippen molar-refractivity contribution in [3.63, 3.8) is 0 Å². The van der Waals surface area contributed by atoms with Crippen molar-refractivity contribution in [2.24, 2.45) is 4.99 Å². The Hall–Kier alpha value is -2.88. The van der Waals surface area contributed by atoms with E-state index < -0.39 is 0 Å². The van der Waals surface area contributed by atoms with E-state index in [1.54, 1.807) is 13.3 Å². The second-order valence-electron chi connectivity index (χ2n) is 5.08. The van der Waals surface area contributed by atoms with Crippen LogP contribution in [0.1, 0.15) is 11.1 Å². The summed E-state index contributed by atoms with van der Waals surface area (Å²) >= 11 is 0. The van der Waals surface area contributed by atoms with Crippen LogP contribution in [0.5, 0.6) is 5.75 Å². The molecular formula is C18H14N2O2. The van der Waals surface area contributed by atoms with Crippen LogP contribution < -0.4 is 4.74 Å². The molecule has 2 aromatic carbocycles. The van der Waals surface area contributed by atoms with Crippen molar-refractivity contribution in [1.82, 2.24) is 4.98 Å². The molecule has 108 valence electrons. The summed E-state index contributed by atoms with van der Waals surface area (Å²) in [5.74, 6) is 1.45. The van der Waals surface area contributed by atoms with E-state index in [0.29, 0.717) is 12.5 Å². The maximum atomic E-state index is 5.80. The second-order valence-corrected chi connectivity index (χ2v) is 5.08. The van der Waals surface area contributed by atoms with Gasteiger partial charge in [-0.3, -0.25) is 4.98 Å². The highest BCUT2D eigenvalue weighted by Crippen LogP contribution is 2.33. The number of aromatic nitrogens is 1. The second kappa shape index (κ2) is 5.15. The van der Waals surface area contributed by atoms with Gasteiger partial charge in [0, 0.05) is 22.7 Å². The molecule has 1 aliphatic rings. The summed E-state index contributed by atoms with van der Waals surface area (Å²) in [6.45, 7) is 0.519. The first kappa shape index (κ1) is 12.8. The van der Waals surface area contributed by atoms with E-state index in [0.717, 1.165) is 33.5 Å². The smallest absolute Gasteiger partial charge is 0.221 e. The van der Waals surface area contributed by atoms with E-state index in [9.17, 15) is 0 Å². The van der Waals surface area contributed by atoms with Gasteiger partial charge in [-0.15, -0.1) is 0 Å². The number of aliphatic imine (C=N–C) groups is 1. The monoisotopic (exact) mass is 290 g/mol. The van der Waals surface area contributed by atoms with Crippen LogP contribution in [0.3, 0.4) is 0 Å². The third-order valence-electron chi connectivity index (χ3n) is 3.75. The molecule has 1 aromatic heterocycles. The molecule has 0 saturated heterocycles. The lowest BCUT2D eigenvalue weighted by Gasteiger charge is -2.18. The fraction of sp³-hybridized carbons (Fsp3) is 0.111. The van der Waals surface area contributed by atoms with Crippen LogP contribution in [-0.4, -0.2) is 18.0 Å². The lowest BCUT2D eigenvalue weighted by atomic mass is 10.1. The van der Waals surface area contributed by atoms with Crippen LogP contribution >= 0.6 is 0 Å². The summed E-state index contributed by atoms with van der Waals surface area (Å²) < 4.78 is 11.0. The molecule has 4 heteroatoms. The highest BCUT2D eigenvalue weighted by Gasteiger charge is 2.17. The molecule has 1 aliphatic heterocycles. The normalized spacial score (nSPS) is 13.2. The fourth-order valence-corrected chi connectivity index (χ4v) is 2.59. The minimum Gasteiger partial charge on any atom is -0.497 e. The largest absolute Gasteiger partial charge is 0.497 e. The molecule has 0 atom stereocenters. The molecule has 0 spiro atoms. The summed E-state index contributed by atoms with van der Waals surface area (Å²) in [6.07, 6.45) is 1.79. The average Bonchev–Trinajstić information content (AvgIpc) is 2.61. The molecule has 2 heterocycles. The number of ether oxygens (including phenoxy) is 2. The van der Waals surface area contributed by atoms with Gasteiger partial charge in [-0.25, -0.2) is 4.99 Å². The topological polar surface area (TPSA) is 43.7 Å². The predicted octanol–water partition coefficient (Wildman–Crippen LogP) is 3.85. The Balaban J connectivity index is 1.84. The average molecular weight is 290 g/mol. The van der Waals surface area contributed by atoms with Crippen molar-refractivity contribution in [1.29, 1.82) is 0 Å². The maximum absolute atomic E-state index is 5.80. The van der Waals surface area contributed by atoms with Gasteiger partial charge in [-0.05, 0) is 42.5 Å². The standard InChI is InChI=1S/C18H14N2O2/c1-21-14-7-4-12(5-8-14)18-20-17-13(11-22-18)6-9-16-15(17)3-2-10-19-16/h2-10H,11H2,1H3. The van der Waals surface area contributed by atoms with E-state index in [-0.39, 0.29) is 0 Å². The highest BCUT2D eigenvalue weighted by atomic mass is 16.5. The van der Waals surface area contributed by atoms with Crippen molar-refractivity contribution in [2.75, 3.05) is 7.11 Å². The fourth-order valence-electron chi connectivity index (χ4n) is 2.59. The molecule has 0 bridgehead atoms. The Morgan fingerprint density at radius 2 is 1.91 bits per heavy atom. The Bertz CT molecular complexity index is 870. The van der Waals surface area contributed by atoms with Crippen molar-refractivity contribution < 1.29 is 9.47 Å². The molecule has 4 rings (SSSR count). The lowest BCUT2D eigenvalue weighted by molar-refractivity contribution is 0.288. The van der Waals surface area contributed by atoms with Gasteiger partial charge in [0.05, 0.1) is 18.3 Å². The number of pyridine rings is 1. The molecule has 0 saturated carbocycles. The number of methoxy groups -OCH3 is 1. The predicted molar refractivity (Wildman–Crippen MR) is 85.7 cm³/mol. The van der Waals surface area contributed by atoms with Crippen LogP contribution in [0.15, 0.2) is 59.7 Å². The van der Waals surface area contributed by atoms with E-state index in [4.69, 9.17) is 14.5 Å². The number of fused-ring (bicyclic) bond motifs is 3. The third kappa shape index (κ3) is 2.09. The van der Waals surface area contributed by atoms with Crippen molar-refractivity contribution in [3.05, 3.63) is 65.9 Å². The zero-order valence-electron chi connectivity index (χ0n) is 12.1. The van der Waals surface area contributed by atoms with Gasteiger partial charge in [-0.2, -0.15) is 0 Å². The Labute approximate surface area is 128 Å². The van der Waals surface area contributed by atoms with Crippen molar-refractivity contribution >= 4 is 22.5 Å². The van der Waals surface area contributed by atoms with Gasteiger partial charge in [0.2, 0.25) is 5.90 Å². The van der Waals surface area contributed by atoms with Gasteiger partial charge >= 0.3 is 0 Å². The van der Waals surface area contributed by atoms with Gasteiger partial charge in [0.15, 0.2) is 0 Å². The number of hydrogen-bond donors (Lipinski definition) is 0.